The van der Waals surface area contributed by atoms with Crippen molar-refractivity contribution in [1.29, 1.82) is 0 Å². The summed E-state index contributed by atoms with van der Waals surface area (Å²) in [4.78, 5) is 2.49. The third-order valence-corrected chi connectivity index (χ3v) is 3.62. The Kier molecular flexibility index (Phi) is 6.45. The van der Waals surface area contributed by atoms with Crippen LogP contribution < -0.4 is 5.73 Å². The Hall–Kier alpha value is -0.120. The molecule has 102 valence electrons. The zero-order valence-corrected chi connectivity index (χ0v) is 11.9. The van der Waals surface area contributed by atoms with E-state index < -0.39 is 0 Å². The molecule has 1 rings (SSSR count). The topological polar surface area (TPSA) is 38.5 Å². The number of rotatable bonds is 7. The van der Waals surface area contributed by atoms with Crippen molar-refractivity contribution in [3.8, 4) is 0 Å². The van der Waals surface area contributed by atoms with E-state index in [-0.39, 0.29) is 5.54 Å². The molecule has 0 aromatic rings. The van der Waals surface area contributed by atoms with Crippen LogP contribution in [0.15, 0.2) is 0 Å². The SMILES string of the molecule is COCCN(CC(C)C)CC1(N)CCCCC1. The van der Waals surface area contributed by atoms with Crippen LogP contribution in [0, 0.1) is 5.92 Å². The number of methoxy groups -OCH3 is 1. The maximum Gasteiger partial charge on any atom is 0.0589 e. The largest absolute Gasteiger partial charge is 0.383 e. The Morgan fingerprint density at radius 1 is 1.24 bits per heavy atom. The van der Waals surface area contributed by atoms with Gasteiger partial charge in [-0.25, -0.2) is 0 Å². The van der Waals surface area contributed by atoms with Gasteiger partial charge >= 0.3 is 0 Å². The molecule has 3 heteroatoms. The molecule has 0 unspecified atom stereocenters. The number of nitrogens with two attached hydrogens (primary N) is 1. The van der Waals surface area contributed by atoms with Gasteiger partial charge < -0.3 is 10.5 Å². The summed E-state index contributed by atoms with van der Waals surface area (Å²) in [6.45, 7) is 8.51. The number of nitrogens with zero attached hydrogens (tertiary/aromatic N) is 1. The van der Waals surface area contributed by atoms with Gasteiger partial charge in [0.25, 0.3) is 0 Å². The summed E-state index contributed by atoms with van der Waals surface area (Å²) in [6, 6.07) is 0. The van der Waals surface area contributed by atoms with Gasteiger partial charge in [0.15, 0.2) is 0 Å². The van der Waals surface area contributed by atoms with E-state index in [1.54, 1.807) is 7.11 Å². The van der Waals surface area contributed by atoms with Gasteiger partial charge in [0.1, 0.15) is 0 Å². The highest BCUT2D eigenvalue weighted by Crippen LogP contribution is 2.26. The smallest absolute Gasteiger partial charge is 0.0589 e. The van der Waals surface area contributed by atoms with E-state index in [1.807, 2.05) is 0 Å². The van der Waals surface area contributed by atoms with Gasteiger partial charge in [-0.05, 0) is 18.8 Å². The molecule has 0 amide bonds. The normalized spacial score (nSPS) is 20.1. The number of hydrogen-bond acceptors (Lipinski definition) is 3. The molecule has 2 N–H and O–H groups in total. The summed E-state index contributed by atoms with van der Waals surface area (Å²) in [5.41, 5.74) is 6.58. The van der Waals surface area contributed by atoms with Crippen LogP contribution in [0.1, 0.15) is 46.0 Å². The van der Waals surface area contributed by atoms with Crippen LogP contribution in [0.4, 0.5) is 0 Å². The summed E-state index contributed by atoms with van der Waals surface area (Å²) in [5.74, 6) is 0.694. The minimum atomic E-state index is 0.0564. The van der Waals surface area contributed by atoms with Gasteiger partial charge in [-0.2, -0.15) is 0 Å². The summed E-state index contributed by atoms with van der Waals surface area (Å²) in [7, 11) is 1.77. The first-order valence-corrected chi connectivity index (χ1v) is 7.06. The van der Waals surface area contributed by atoms with Crippen molar-refractivity contribution < 1.29 is 4.74 Å². The van der Waals surface area contributed by atoms with E-state index in [1.165, 1.54) is 32.1 Å². The van der Waals surface area contributed by atoms with Crippen LogP contribution >= 0.6 is 0 Å². The molecule has 0 aliphatic heterocycles. The van der Waals surface area contributed by atoms with Crippen molar-refractivity contribution >= 4 is 0 Å². The van der Waals surface area contributed by atoms with Gasteiger partial charge in [-0.3, -0.25) is 4.90 Å². The summed E-state index contributed by atoms with van der Waals surface area (Å²) >= 11 is 0. The van der Waals surface area contributed by atoms with E-state index in [4.69, 9.17) is 10.5 Å². The maximum atomic E-state index is 6.52. The Labute approximate surface area is 107 Å². The predicted molar refractivity (Wildman–Crippen MR) is 73.2 cm³/mol. The highest BCUT2D eigenvalue weighted by Gasteiger charge is 2.29. The van der Waals surface area contributed by atoms with Crippen LogP contribution in [0.5, 0.6) is 0 Å². The minimum Gasteiger partial charge on any atom is -0.383 e. The van der Waals surface area contributed by atoms with Crippen molar-refractivity contribution in [3.63, 3.8) is 0 Å². The lowest BCUT2D eigenvalue weighted by Crippen LogP contribution is -2.52. The molecule has 3 nitrogen and oxygen atoms in total. The molecular formula is C14H30N2O. The Bertz CT molecular complexity index is 200. The average molecular weight is 242 g/mol. The molecule has 0 aromatic heterocycles. The van der Waals surface area contributed by atoms with Gasteiger partial charge in [-0.1, -0.05) is 33.1 Å². The number of hydrogen-bond donors (Lipinski definition) is 1. The standard InChI is InChI=1S/C14H30N2O/c1-13(2)11-16(9-10-17-3)12-14(15)7-5-4-6-8-14/h13H,4-12,15H2,1-3H3. The quantitative estimate of drug-likeness (QED) is 0.744. The van der Waals surface area contributed by atoms with Crippen molar-refractivity contribution in [1.82, 2.24) is 4.90 Å². The Balaban J connectivity index is 2.44. The molecule has 0 aromatic carbocycles. The van der Waals surface area contributed by atoms with Gasteiger partial charge in [-0.15, -0.1) is 0 Å². The molecule has 0 bridgehead atoms. The molecule has 0 atom stereocenters. The molecule has 0 saturated heterocycles. The fraction of sp³-hybridized carbons (Fsp3) is 1.00. The first-order valence-electron chi connectivity index (χ1n) is 7.06. The number of ether oxygens (including phenoxy) is 1. The van der Waals surface area contributed by atoms with E-state index in [9.17, 15) is 0 Å². The highest BCUT2D eigenvalue weighted by molar-refractivity contribution is 4.90. The van der Waals surface area contributed by atoms with Crippen LogP contribution in [0.25, 0.3) is 0 Å². The second-order valence-electron chi connectivity index (χ2n) is 6.04. The third-order valence-electron chi connectivity index (χ3n) is 3.62. The summed E-state index contributed by atoms with van der Waals surface area (Å²) in [5, 5.41) is 0. The zero-order valence-electron chi connectivity index (χ0n) is 11.9. The molecule has 17 heavy (non-hydrogen) atoms. The second-order valence-corrected chi connectivity index (χ2v) is 6.04. The van der Waals surface area contributed by atoms with Gasteiger partial charge in [0, 0.05) is 32.3 Å². The van der Waals surface area contributed by atoms with Gasteiger partial charge in [0.05, 0.1) is 6.61 Å². The second kappa shape index (κ2) is 7.34. The first-order chi connectivity index (χ1) is 8.06. The molecule has 1 saturated carbocycles. The lowest BCUT2D eigenvalue weighted by molar-refractivity contribution is 0.110. The predicted octanol–water partition coefficient (Wildman–Crippen LogP) is 2.25. The lowest BCUT2D eigenvalue weighted by atomic mass is 9.82. The summed E-state index contributed by atoms with van der Waals surface area (Å²) < 4.78 is 5.19. The fourth-order valence-corrected chi connectivity index (χ4v) is 2.83. The molecular weight excluding hydrogens is 212 g/mol. The minimum absolute atomic E-state index is 0.0564. The van der Waals surface area contributed by atoms with Crippen LogP contribution in [-0.2, 0) is 4.74 Å². The highest BCUT2D eigenvalue weighted by atomic mass is 16.5. The summed E-state index contributed by atoms with van der Waals surface area (Å²) in [6.07, 6.45) is 6.34. The molecule has 0 spiro atoms. The molecule has 1 aliphatic rings. The van der Waals surface area contributed by atoms with Crippen LogP contribution in [0.3, 0.4) is 0 Å². The molecule has 1 aliphatic carbocycles. The Morgan fingerprint density at radius 2 is 1.88 bits per heavy atom. The third kappa shape index (κ3) is 5.84. The monoisotopic (exact) mass is 242 g/mol. The molecule has 0 radical (unpaired) electrons. The maximum absolute atomic E-state index is 6.52. The fourth-order valence-electron chi connectivity index (χ4n) is 2.83. The van der Waals surface area contributed by atoms with E-state index in [0.29, 0.717) is 5.92 Å². The van der Waals surface area contributed by atoms with Crippen molar-refractivity contribution in [3.05, 3.63) is 0 Å². The van der Waals surface area contributed by atoms with Crippen molar-refractivity contribution in [2.24, 2.45) is 11.7 Å². The van der Waals surface area contributed by atoms with E-state index in [0.717, 1.165) is 26.2 Å². The Morgan fingerprint density at radius 3 is 2.41 bits per heavy atom. The first kappa shape index (κ1) is 14.9. The average Bonchev–Trinajstić information content (AvgIpc) is 2.25. The van der Waals surface area contributed by atoms with Crippen LogP contribution in [-0.4, -0.2) is 43.8 Å². The van der Waals surface area contributed by atoms with Crippen molar-refractivity contribution in [2.45, 2.75) is 51.5 Å². The molecule has 1 fully saturated rings. The molecule has 0 heterocycles. The van der Waals surface area contributed by atoms with Crippen LogP contribution in [0.2, 0.25) is 0 Å². The van der Waals surface area contributed by atoms with Gasteiger partial charge in [0.2, 0.25) is 0 Å². The lowest BCUT2D eigenvalue weighted by Gasteiger charge is -2.38. The zero-order chi connectivity index (χ0) is 12.7. The van der Waals surface area contributed by atoms with Crippen molar-refractivity contribution in [2.75, 3.05) is 33.4 Å². The van der Waals surface area contributed by atoms with E-state index >= 15 is 0 Å². The van der Waals surface area contributed by atoms with E-state index in [2.05, 4.69) is 18.7 Å².